The van der Waals surface area contributed by atoms with Crippen LogP contribution in [0.15, 0.2) is 36.4 Å². The molecule has 0 aromatic heterocycles. The fourth-order valence-corrected chi connectivity index (χ4v) is 2.56. The Balaban J connectivity index is 1.96. The summed E-state index contributed by atoms with van der Waals surface area (Å²) in [4.78, 5) is 0. The van der Waals surface area contributed by atoms with Gasteiger partial charge in [0.1, 0.15) is 5.75 Å². The van der Waals surface area contributed by atoms with Crippen LogP contribution in [0.2, 0.25) is 0 Å². The molecule has 2 aromatic rings. The molecule has 0 amide bonds. The molecule has 0 radical (unpaired) electrons. The lowest BCUT2D eigenvalue weighted by molar-refractivity contribution is 0.251. The lowest BCUT2D eigenvalue weighted by Gasteiger charge is -2.14. The van der Waals surface area contributed by atoms with Crippen LogP contribution in [0.3, 0.4) is 0 Å². The van der Waals surface area contributed by atoms with Crippen molar-refractivity contribution < 1.29 is 9.84 Å². The van der Waals surface area contributed by atoms with Gasteiger partial charge in [-0.3, -0.25) is 0 Å². The minimum Gasteiger partial charge on any atom is -0.497 e. The van der Waals surface area contributed by atoms with Crippen LogP contribution in [0.4, 0.5) is 0 Å². The highest BCUT2D eigenvalue weighted by atomic mass is 16.5. The highest BCUT2D eigenvalue weighted by Gasteiger charge is 2.05. The van der Waals surface area contributed by atoms with Gasteiger partial charge in [0.2, 0.25) is 0 Å². The molecule has 2 N–H and O–H groups in total. The maximum Gasteiger partial charge on any atom is 0.119 e. The molecule has 3 heteroatoms. The Labute approximate surface area is 126 Å². The zero-order valence-corrected chi connectivity index (χ0v) is 12.9. The van der Waals surface area contributed by atoms with E-state index in [1.165, 1.54) is 16.3 Å². The van der Waals surface area contributed by atoms with E-state index in [0.717, 1.165) is 31.7 Å². The van der Waals surface area contributed by atoms with Crippen LogP contribution < -0.4 is 10.1 Å². The van der Waals surface area contributed by atoms with Crippen LogP contribution in [0.5, 0.6) is 5.75 Å². The Morgan fingerprint density at radius 3 is 2.62 bits per heavy atom. The van der Waals surface area contributed by atoms with Gasteiger partial charge in [-0.25, -0.2) is 0 Å². The first kappa shape index (κ1) is 15.8. The number of aliphatic hydroxyl groups is 1. The lowest BCUT2D eigenvalue weighted by Crippen LogP contribution is -2.22. The van der Waals surface area contributed by atoms with Crippen LogP contribution >= 0.6 is 0 Å². The number of ether oxygens (including phenoxy) is 1. The molecule has 0 aliphatic carbocycles. The highest BCUT2D eigenvalue weighted by Crippen LogP contribution is 2.21. The van der Waals surface area contributed by atoms with E-state index in [1.54, 1.807) is 7.11 Å². The standard InChI is InChI=1S/C18H25NO2/c1-3-14(8-9-20)12-19-13-15-4-5-17-11-18(21-2)7-6-16(17)10-15/h4-7,10-11,14,19-20H,3,8-9,12-13H2,1-2H3. The summed E-state index contributed by atoms with van der Waals surface area (Å²) >= 11 is 0. The molecule has 0 saturated carbocycles. The van der Waals surface area contributed by atoms with Crippen LogP contribution in [-0.4, -0.2) is 25.4 Å². The fraction of sp³-hybridized carbons (Fsp3) is 0.444. The molecule has 21 heavy (non-hydrogen) atoms. The fourth-order valence-electron chi connectivity index (χ4n) is 2.56. The monoisotopic (exact) mass is 287 g/mol. The van der Waals surface area contributed by atoms with Crippen molar-refractivity contribution in [3.63, 3.8) is 0 Å². The summed E-state index contributed by atoms with van der Waals surface area (Å²) in [5, 5.41) is 14.9. The average Bonchev–Trinajstić information content (AvgIpc) is 2.53. The van der Waals surface area contributed by atoms with Gasteiger partial charge in [-0.05, 0) is 53.4 Å². The molecule has 0 spiro atoms. The van der Waals surface area contributed by atoms with E-state index in [-0.39, 0.29) is 6.61 Å². The maximum atomic E-state index is 9.01. The Bertz CT molecular complexity index is 568. The lowest BCUT2D eigenvalue weighted by atomic mass is 10.0. The van der Waals surface area contributed by atoms with E-state index in [2.05, 4.69) is 42.6 Å². The molecule has 114 valence electrons. The largest absolute Gasteiger partial charge is 0.497 e. The summed E-state index contributed by atoms with van der Waals surface area (Å²) in [6.45, 7) is 4.27. The van der Waals surface area contributed by atoms with Crippen molar-refractivity contribution in [3.05, 3.63) is 42.0 Å². The van der Waals surface area contributed by atoms with E-state index in [1.807, 2.05) is 6.07 Å². The number of aliphatic hydroxyl groups excluding tert-OH is 1. The Kier molecular flexibility index (Phi) is 6.03. The number of benzene rings is 2. The van der Waals surface area contributed by atoms with Gasteiger partial charge in [-0.15, -0.1) is 0 Å². The second-order valence-electron chi connectivity index (χ2n) is 5.46. The topological polar surface area (TPSA) is 41.5 Å². The quantitative estimate of drug-likeness (QED) is 0.782. The van der Waals surface area contributed by atoms with Crippen molar-refractivity contribution in [2.45, 2.75) is 26.3 Å². The van der Waals surface area contributed by atoms with Crippen molar-refractivity contribution >= 4 is 10.8 Å². The van der Waals surface area contributed by atoms with E-state index in [9.17, 15) is 0 Å². The SMILES string of the molecule is CCC(CCO)CNCc1ccc2cc(OC)ccc2c1. The summed E-state index contributed by atoms with van der Waals surface area (Å²) in [5.74, 6) is 1.45. The minimum atomic E-state index is 0.276. The van der Waals surface area contributed by atoms with E-state index in [0.29, 0.717) is 5.92 Å². The molecule has 0 aliphatic heterocycles. The predicted molar refractivity (Wildman–Crippen MR) is 87.7 cm³/mol. The minimum absolute atomic E-state index is 0.276. The normalized spacial score (nSPS) is 12.5. The molecule has 3 nitrogen and oxygen atoms in total. The first-order valence-corrected chi connectivity index (χ1v) is 7.65. The molecular formula is C18H25NO2. The molecule has 0 bridgehead atoms. The Morgan fingerprint density at radius 2 is 1.90 bits per heavy atom. The molecule has 1 atom stereocenters. The van der Waals surface area contributed by atoms with Gasteiger partial charge in [-0.1, -0.05) is 31.5 Å². The van der Waals surface area contributed by atoms with Crippen molar-refractivity contribution in [1.82, 2.24) is 5.32 Å². The molecule has 0 fully saturated rings. The number of nitrogens with one attached hydrogen (secondary N) is 1. The van der Waals surface area contributed by atoms with Gasteiger partial charge in [0.15, 0.2) is 0 Å². The zero-order valence-electron chi connectivity index (χ0n) is 12.9. The number of methoxy groups -OCH3 is 1. The van der Waals surface area contributed by atoms with E-state index >= 15 is 0 Å². The number of hydrogen-bond donors (Lipinski definition) is 2. The second-order valence-corrected chi connectivity index (χ2v) is 5.46. The molecule has 2 rings (SSSR count). The van der Waals surface area contributed by atoms with E-state index in [4.69, 9.17) is 9.84 Å². The first-order chi connectivity index (χ1) is 10.3. The van der Waals surface area contributed by atoms with Crippen LogP contribution in [0, 0.1) is 5.92 Å². The van der Waals surface area contributed by atoms with Gasteiger partial charge < -0.3 is 15.2 Å². The second kappa shape index (κ2) is 8.01. The summed E-state index contributed by atoms with van der Waals surface area (Å²) in [6.07, 6.45) is 1.98. The molecule has 1 unspecified atom stereocenters. The first-order valence-electron chi connectivity index (χ1n) is 7.65. The van der Waals surface area contributed by atoms with Crippen molar-refractivity contribution in [1.29, 1.82) is 0 Å². The average molecular weight is 287 g/mol. The molecule has 0 heterocycles. The summed E-state index contributed by atoms with van der Waals surface area (Å²) < 4.78 is 5.25. The van der Waals surface area contributed by atoms with Crippen molar-refractivity contribution in [2.75, 3.05) is 20.3 Å². The van der Waals surface area contributed by atoms with Gasteiger partial charge in [-0.2, -0.15) is 0 Å². The summed E-state index contributed by atoms with van der Waals surface area (Å²) in [6, 6.07) is 12.7. The third kappa shape index (κ3) is 4.45. The van der Waals surface area contributed by atoms with Gasteiger partial charge >= 0.3 is 0 Å². The highest BCUT2D eigenvalue weighted by molar-refractivity contribution is 5.84. The van der Waals surface area contributed by atoms with Crippen LogP contribution in [-0.2, 0) is 6.54 Å². The molecular weight excluding hydrogens is 262 g/mol. The molecule has 2 aromatic carbocycles. The maximum absolute atomic E-state index is 9.01. The number of hydrogen-bond acceptors (Lipinski definition) is 3. The zero-order chi connectivity index (χ0) is 15.1. The van der Waals surface area contributed by atoms with Gasteiger partial charge in [0.05, 0.1) is 7.11 Å². The van der Waals surface area contributed by atoms with Gasteiger partial charge in [0.25, 0.3) is 0 Å². The smallest absolute Gasteiger partial charge is 0.119 e. The Hall–Kier alpha value is -1.58. The molecule has 0 saturated heterocycles. The van der Waals surface area contributed by atoms with Gasteiger partial charge in [0, 0.05) is 13.2 Å². The van der Waals surface area contributed by atoms with Crippen molar-refractivity contribution in [2.24, 2.45) is 5.92 Å². The summed E-state index contributed by atoms with van der Waals surface area (Å²) in [7, 11) is 1.69. The van der Waals surface area contributed by atoms with Crippen LogP contribution in [0.1, 0.15) is 25.3 Å². The third-order valence-electron chi connectivity index (χ3n) is 3.99. The van der Waals surface area contributed by atoms with E-state index < -0.39 is 0 Å². The number of fused-ring (bicyclic) bond motifs is 1. The third-order valence-corrected chi connectivity index (χ3v) is 3.99. The van der Waals surface area contributed by atoms with Crippen LogP contribution in [0.25, 0.3) is 10.8 Å². The number of rotatable bonds is 8. The summed E-state index contributed by atoms with van der Waals surface area (Å²) in [5.41, 5.74) is 1.28. The van der Waals surface area contributed by atoms with Crippen molar-refractivity contribution in [3.8, 4) is 5.75 Å². The predicted octanol–water partition coefficient (Wildman–Crippen LogP) is 3.35. The Morgan fingerprint density at radius 1 is 1.14 bits per heavy atom. The molecule has 0 aliphatic rings.